The smallest absolute Gasteiger partial charge is 0.416 e. The number of rotatable bonds is 7. The number of hydrogen-bond acceptors (Lipinski definition) is 3. The van der Waals surface area contributed by atoms with Gasteiger partial charge in [-0.2, -0.15) is 13.2 Å². The number of benzene rings is 4. The highest BCUT2D eigenvalue weighted by atomic mass is 19.4. The van der Waals surface area contributed by atoms with Crippen molar-refractivity contribution in [2.45, 2.75) is 31.1 Å². The summed E-state index contributed by atoms with van der Waals surface area (Å²) in [7, 11) is 0. The van der Waals surface area contributed by atoms with E-state index in [-0.39, 0.29) is 11.5 Å². The second-order valence-corrected chi connectivity index (χ2v) is 11.4. The molecule has 6 aromatic rings. The lowest BCUT2D eigenvalue weighted by molar-refractivity contribution is -0.137. The molecule has 2 aromatic heterocycles. The van der Waals surface area contributed by atoms with Crippen LogP contribution >= 0.6 is 0 Å². The van der Waals surface area contributed by atoms with Crippen LogP contribution in [0.2, 0.25) is 0 Å². The minimum Gasteiger partial charge on any atom is -0.478 e. The number of carboxylic acids is 1. The summed E-state index contributed by atoms with van der Waals surface area (Å²) in [6.45, 7) is 0.445. The molecule has 9 heteroatoms. The van der Waals surface area contributed by atoms with Crippen LogP contribution in [0.15, 0.2) is 109 Å². The number of nitrogens with one attached hydrogen (secondary N) is 1. The zero-order valence-corrected chi connectivity index (χ0v) is 23.8. The van der Waals surface area contributed by atoms with Crippen molar-refractivity contribution in [1.82, 2.24) is 14.9 Å². The van der Waals surface area contributed by atoms with Crippen molar-refractivity contribution in [1.29, 1.82) is 0 Å². The van der Waals surface area contributed by atoms with Gasteiger partial charge in [-0.05, 0) is 89.7 Å². The maximum atomic E-state index is 14.1. The molecule has 1 aliphatic carbocycles. The molecule has 4 aromatic carbocycles. The molecule has 1 fully saturated rings. The van der Waals surface area contributed by atoms with Gasteiger partial charge in [-0.25, -0.2) is 4.79 Å². The standard InChI is InChI=1S/C36H26F3N3O3/c37-36(38,39)29-5-1-3-25(19-29)27-18-26-12-16-42(21-22-6-7-23-4-2-15-40-31(23)17-22)32(26)30(20-27)33(43)41-35(13-14-35)28-10-8-24(9-11-28)34(44)45/h1-12,15-20H,13-14,21H2,(H,41,43)(H,44,45). The first-order chi connectivity index (χ1) is 21.6. The molecule has 1 saturated carbocycles. The predicted molar refractivity (Wildman–Crippen MR) is 165 cm³/mol. The van der Waals surface area contributed by atoms with E-state index in [4.69, 9.17) is 0 Å². The van der Waals surface area contributed by atoms with Crippen molar-refractivity contribution in [3.63, 3.8) is 0 Å². The van der Waals surface area contributed by atoms with E-state index < -0.39 is 23.2 Å². The molecule has 2 N–H and O–H groups in total. The first-order valence-corrected chi connectivity index (χ1v) is 14.4. The highest BCUT2D eigenvalue weighted by molar-refractivity contribution is 6.08. The fourth-order valence-corrected chi connectivity index (χ4v) is 5.93. The average Bonchev–Trinajstić information content (AvgIpc) is 3.71. The molecular formula is C36H26F3N3O3. The molecule has 0 saturated heterocycles. The summed E-state index contributed by atoms with van der Waals surface area (Å²) < 4.78 is 42.7. The van der Waals surface area contributed by atoms with E-state index in [1.54, 1.807) is 36.5 Å². The molecule has 45 heavy (non-hydrogen) atoms. The first-order valence-electron chi connectivity index (χ1n) is 14.4. The van der Waals surface area contributed by atoms with Gasteiger partial charge >= 0.3 is 12.1 Å². The molecule has 0 radical (unpaired) electrons. The Bertz CT molecular complexity index is 2110. The van der Waals surface area contributed by atoms with Gasteiger partial charge in [0.05, 0.1) is 33.3 Å². The predicted octanol–water partition coefficient (Wildman–Crippen LogP) is 8.04. The minimum absolute atomic E-state index is 0.151. The number of carboxylic acid groups (broad SMARTS) is 1. The van der Waals surface area contributed by atoms with Crippen LogP contribution in [-0.4, -0.2) is 26.5 Å². The summed E-state index contributed by atoms with van der Waals surface area (Å²) in [6, 6.07) is 26.7. The topological polar surface area (TPSA) is 84.2 Å². The van der Waals surface area contributed by atoms with Crippen LogP contribution in [-0.2, 0) is 18.3 Å². The van der Waals surface area contributed by atoms with Crippen molar-refractivity contribution in [2.24, 2.45) is 0 Å². The van der Waals surface area contributed by atoms with Gasteiger partial charge in [0.25, 0.3) is 5.91 Å². The van der Waals surface area contributed by atoms with Crippen molar-refractivity contribution in [3.05, 3.63) is 137 Å². The van der Waals surface area contributed by atoms with Crippen LogP contribution in [0.1, 0.15) is 50.2 Å². The summed E-state index contributed by atoms with van der Waals surface area (Å²) in [6.07, 6.45) is 0.446. The molecule has 7 rings (SSSR count). The zero-order valence-electron chi connectivity index (χ0n) is 23.8. The van der Waals surface area contributed by atoms with Gasteiger partial charge in [0.15, 0.2) is 0 Å². The molecule has 224 valence electrons. The Hall–Kier alpha value is -5.44. The Kier molecular flexibility index (Phi) is 6.69. The quantitative estimate of drug-likeness (QED) is 0.193. The molecule has 0 bridgehead atoms. The number of fused-ring (bicyclic) bond motifs is 2. The number of alkyl halides is 3. The first kappa shape index (κ1) is 28.3. The number of aromatic nitrogens is 2. The minimum atomic E-state index is -4.51. The molecule has 0 spiro atoms. The normalized spacial score (nSPS) is 14.0. The van der Waals surface area contributed by atoms with Crippen molar-refractivity contribution >= 4 is 33.7 Å². The number of carbonyl (C=O) groups is 2. The van der Waals surface area contributed by atoms with E-state index in [2.05, 4.69) is 10.3 Å². The molecular weight excluding hydrogens is 579 g/mol. The lowest BCUT2D eigenvalue weighted by atomic mass is 9.97. The summed E-state index contributed by atoms with van der Waals surface area (Å²) in [5.41, 5.74) is 3.16. The lowest BCUT2D eigenvalue weighted by Crippen LogP contribution is -2.35. The number of nitrogens with zero attached hydrogens (tertiary/aromatic N) is 2. The number of hydrogen-bond donors (Lipinski definition) is 2. The number of halogens is 3. The van der Waals surface area contributed by atoms with Gasteiger partial charge in [0.2, 0.25) is 0 Å². The van der Waals surface area contributed by atoms with E-state index in [1.165, 1.54) is 18.2 Å². The Morgan fingerprint density at radius 3 is 2.40 bits per heavy atom. The van der Waals surface area contributed by atoms with Crippen LogP contribution in [0, 0.1) is 0 Å². The molecule has 1 amide bonds. The fourth-order valence-electron chi connectivity index (χ4n) is 5.93. The van der Waals surface area contributed by atoms with Crippen LogP contribution in [0.25, 0.3) is 32.9 Å². The molecule has 0 unspecified atom stereocenters. The average molecular weight is 606 g/mol. The zero-order chi connectivity index (χ0) is 31.3. The van der Waals surface area contributed by atoms with E-state index in [0.717, 1.165) is 34.2 Å². The molecule has 1 aliphatic rings. The van der Waals surface area contributed by atoms with Crippen LogP contribution in [0.5, 0.6) is 0 Å². The SMILES string of the molecule is O=C(O)c1ccc(C2(NC(=O)c3cc(-c4cccc(C(F)(F)F)c4)cc4ccn(Cc5ccc6cccnc6c5)c34)CC2)cc1. The van der Waals surface area contributed by atoms with Gasteiger partial charge in [0.1, 0.15) is 0 Å². The number of aromatic carboxylic acids is 1. The second-order valence-electron chi connectivity index (χ2n) is 11.4. The Morgan fingerprint density at radius 2 is 1.67 bits per heavy atom. The highest BCUT2D eigenvalue weighted by Gasteiger charge is 2.46. The largest absolute Gasteiger partial charge is 0.478 e. The Labute approximate surface area is 255 Å². The van der Waals surface area contributed by atoms with Crippen LogP contribution in [0.3, 0.4) is 0 Å². The second kappa shape index (κ2) is 10.6. The Morgan fingerprint density at radius 1 is 0.867 bits per heavy atom. The van der Waals surface area contributed by atoms with E-state index >= 15 is 0 Å². The third-order valence-corrected chi connectivity index (χ3v) is 8.44. The highest BCUT2D eigenvalue weighted by Crippen LogP contribution is 2.46. The fraction of sp³-hybridized carbons (Fsp3) is 0.139. The molecule has 0 aliphatic heterocycles. The maximum absolute atomic E-state index is 14.1. The molecule has 2 heterocycles. The third-order valence-electron chi connectivity index (χ3n) is 8.44. The van der Waals surface area contributed by atoms with Crippen molar-refractivity contribution < 1.29 is 27.9 Å². The molecule has 0 atom stereocenters. The van der Waals surface area contributed by atoms with Gasteiger partial charge < -0.3 is 15.0 Å². The lowest BCUT2D eigenvalue weighted by Gasteiger charge is -2.20. The number of pyridine rings is 1. The monoisotopic (exact) mass is 605 g/mol. The molecule has 6 nitrogen and oxygen atoms in total. The number of carbonyl (C=O) groups excluding carboxylic acids is 1. The summed E-state index contributed by atoms with van der Waals surface area (Å²) in [4.78, 5) is 29.9. The van der Waals surface area contributed by atoms with Gasteiger partial charge in [-0.1, -0.05) is 42.5 Å². The van der Waals surface area contributed by atoms with E-state index in [0.29, 0.717) is 47.0 Å². The third kappa shape index (κ3) is 5.42. The maximum Gasteiger partial charge on any atom is 0.416 e. The number of amides is 1. The summed E-state index contributed by atoms with van der Waals surface area (Å²) >= 11 is 0. The van der Waals surface area contributed by atoms with Crippen LogP contribution in [0.4, 0.5) is 13.2 Å². The van der Waals surface area contributed by atoms with Crippen molar-refractivity contribution in [2.75, 3.05) is 0 Å². The van der Waals surface area contributed by atoms with E-state index in [1.807, 2.05) is 47.2 Å². The summed E-state index contributed by atoms with van der Waals surface area (Å²) in [5.74, 6) is -1.40. The Balaban J connectivity index is 1.31. The summed E-state index contributed by atoms with van der Waals surface area (Å²) in [5, 5.41) is 14.2. The van der Waals surface area contributed by atoms with Crippen molar-refractivity contribution in [3.8, 4) is 11.1 Å². The van der Waals surface area contributed by atoms with Gasteiger partial charge in [-0.3, -0.25) is 9.78 Å². The van der Waals surface area contributed by atoms with Gasteiger partial charge in [0, 0.05) is 29.7 Å². The van der Waals surface area contributed by atoms with Crippen LogP contribution < -0.4 is 5.32 Å². The van der Waals surface area contributed by atoms with Gasteiger partial charge in [-0.15, -0.1) is 0 Å². The van der Waals surface area contributed by atoms with E-state index in [9.17, 15) is 27.9 Å².